The Morgan fingerprint density at radius 3 is 2.33 bits per heavy atom. The van der Waals surface area contributed by atoms with Crippen LogP contribution in [-0.4, -0.2) is 23.8 Å². The summed E-state index contributed by atoms with van der Waals surface area (Å²) in [7, 11) is 1.53. The van der Waals surface area contributed by atoms with Crippen LogP contribution in [0.4, 0.5) is 5.69 Å². The lowest BCUT2D eigenvalue weighted by atomic mass is 10.0. The van der Waals surface area contributed by atoms with E-state index in [-0.39, 0.29) is 11.7 Å². The van der Waals surface area contributed by atoms with Gasteiger partial charge in [-0.05, 0) is 35.0 Å². The van der Waals surface area contributed by atoms with E-state index in [9.17, 15) is 4.79 Å². The van der Waals surface area contributed by atoms with E-state index in [1.807, 2.05) is 18.2 Å². The van der Waals surface area contributed by atoms with Crippen molar-refractivity contribution in [3.63, 3.8) is 0 Å². The van der Waals surface area contributed by atoms with Gasteiger partial charge in [0.1, 0.15) is 5.84 Å². The van der Waals surface area contributed by atoms with E-state index in [1.54, 1.807) is 30.3 Å². The van der Waals surface area contributed by atoms with Crippen molar-refractivity contribution < 1.29 is 9.53 Å². The highest BCUT2D eigenvalue weighted by Gasteiger charge is 2.08. The first kappa shape index (κ1) is 15.5. The van der Waals surface area contributed by atoms with Crippen molar-refractivity contribution in [3.05, 3.63) is 65.9 Å². The maximum absolute atomic E-state index is 12.4. The van der Waals surface area contributed by atoms with Gasteiger partial charge in [-0.3, -0.25) is 10.2 Å². The second kappa shape index (κ2) is 6.37. The maximum atomic E-state index is 12.4. The normalized spacial score (nSPS) is 10.4. The lowest BCUT2D eigenvalue weighted by Gasteiger charge is -2.07. The highest BCUT2D eigenvalue weighted by atomic mass is 16.5. The quantitative estimate of drug-likeness (QED) is 0.508. The molecule has 1 amide bonds. The van der Waals surface area contributed by atoms with Gasteiger partial charge in [0.25, 0.3) is 5.91 Å². The number of hydrogen-bond acceptors (Lipinski definition) is 4. The van der Waals surface area contributed by atoms with E-state index in [0.717, 1.165) is 10.8 Å². The largest absolute Gasteiger partial charge is 0.481 e. The van der Waals surface area contributed by atoms with Crippen molar-refractivity contribution in [2.45, 2.75) is 0 Å². The van der Waals surface area contributed by atoms with Crippen molar-refractivity contribution in [2.24, 2.45) is 5.73 Å². The Hall–Kier alpha value is -3.41. The summed E-state index contributed by atoms with van der Waals surface area (Å²) < 4.78 is 4.99. The third-order valence-corrected chi connectivity index (χ3v) is 3.62. The van der Waals surface area contributed by atoms with Gasteiger partial charge in [0.05, 0.1) is 19.0 Å². The second-order valence-electron chi connectivity index (χ2n) is 5.23. The lowest BCUT2D eigenvalue weighted by molar-refractivity contribution is 0.102. The van der Waals surface area contributed by atoms with E-state index in [2.05, 4.69) is 10.3 Å². The third kappa shape index (κ3) is 3.17. The molecule has 2 aromatic carbocycles. The number of benzene rings is 2. The van der Waals surface area contributed by atoms with E-state index >= 15 is 0 Å². The molecule has 0 fully saturated rings. The molecule has 1 heterocycles. The van der Waals surface area contributed by atoms with E-state index in [1.165, 1.54) is 13.3 Å². The zero-order valence-corrected chi connectivity index (χ0v) is 13.0. The molecule has 0 saturated heterocycles. The first-order valence-electron chi connectivity index (χ1n) is 7.26. The molecule has 3 rings (SSSR count). The van der Waals surface area contributed by atoms with Crippen LogP contribution < -0.4 is 15.8 Å². The number of carbonyl (C=O) groups is 1. The molecule has 3 aromatic rings. The topological polar surface area (TPSA) is 101 Å². The molecule has 24 heavy (non-hydrogen) atoms. The van der Waals surface area contributed by atoms with Crippen molar-refractivity contribution in [2.75, 3.05) is 12.4 Å². The number of aromatic nitrogens is 1. The van der Waals surface area contributed by atoms with Gasteiger partial charge < -0.3 is 15.8 Å². The highest BCUT2D eigenvalue weighted by Crippen LogP contribution is 2.19. The molecule has 1 aromatic heterocycles. The lowest BCUT2D eigenvalue weighted by Crippen LogP contribution is -2.12. The van der Waals surface area contributed by atoms with Crippen LogP contribution >= 0.6 is 0 Å². The summed E-state index contributed by atoms with van der Waals surface area (Å²) in [5, 5.41) is 12.1. The van der Waals surface area contributed by atoms with Gasteiger partial charge in [0, 0.05) is 17.2 Å². The zero-order chi connectivity index (χ0) is 17.1. The minimum Gasteiger partial charge on any atom is -0.481 e. The number of hydrogen-bond donors (Lipinski definition) is 3. The fourth-order valence-electron chi connectivity index (χ4n) is 2.33. The summed E-state index contributed by atoms with van der Waals surface area (Å²) in [6.45, 7) is 0. The molecule has 0 radical (unpaired) electrons. The first-order chi connectivity index (χ1) is 11.6. The van der Waals surface area contributed by atoms with Crippen molar-refractivity contribution in [3.8, 4) is 5.88 Å². The Bertz CT molecular complexity index is 920. The van der Waals surface area contributed by atoms with Crippen LogP contribution in [0.15, 0.2) is 54.7 Å². The van der Waals surface area contributed by atoms with Crippen LogP contribution in [0.1, 0.15) is 15.9 Å². The summed E-state index contributed by atoms with van der Waals surface area (Å²) in [4.78, 5) is 16.4. The fourth-order valence-corrected chi connectivity index (χ4v) is 2.33. The van der Waals surface area contributed by atoms with Crippen LogP contribution in [0, 0.1) is 5.41 Å². The average Bonchev–Trinajstić information content (AvgIpc) is 2.61. The Morgan fingerprint density at radius 2 is 1.75 bits per heavy atom. The molecule has 0 unspecified atom stereocenters. The predicted molar refractivity (Wildman–Crippen MR) is 93.7 cm³/mol. The number of nitrogens with one attached hydrogen (secondary N) is 2. The number of pyridine rings is 1. The number of nitrogens with two attached hydrogens (primary N) is 1. The summed E-state index contributed by atoms with van der Waals surface area (Å²) in [6.07, 6.45) is 1.54. The van der Waals surface area contributed by atoms with Crippen LogP contribution in [-0.2, 0) is 0 Å². The molecule has 6 nitrogen and oxygen atoms in total. The van der Waals surface area contributed by atoms with Gasteiger partial charge in [-0.25, -0.2) is 4.98 Å². The predicted octanol–water partition coefficient (Wildman–Crippen LogP) is 2.78. The standard InChI is InChI=1S/C18H16N4O2/c1-24-16-7-6-15(10-21-16)22-18(23)14-5-3-11-8-13(17(19)20)4-2-12(11)9-14/h2-10H,1H3,(H3,19,20)(H,22,23). The van der Waals surface area contributed by atoms with E-state index < -0.39 is 0 Å². The Labute approximate surface area is 138 Å². The van der Waals surface area contributed by atoms with Gasteiger partial charge in [0.15, 0.2) is 0 Å². The Kier molecular flexibility index (Phi) is 4.11. The van der Waals surface area contributed by atoms with Crippen LogP contribution in [0.5, 0.6) is 5.88 Å². The molecule has 0 aliphatic heterocycles. The molecule has 0 aliphatic rings. The number of carbonyl (C=O) groups excluding carboxylic acids is 1. The van der Waals surface area contributed by atoms with Gasteiger partial charge in [-0.2, -0.15) is 0 Å². The molecule has 0 saturated carbocycles. The molecule has 0 aliphatic carbocycles. The number of fused-ring (bicyclic) bond motifs is 1. The molecule has 0 bridgehead atoms. The number of amides is 1. The Morgan fingerprint density at radius 1 is 1.08 bits per heavy atom. The van der Waals surface area contributed by atoms with Gasteiger partial charge >= 0.3 is 0 Å². The fraction of sp³-hybridized carbons (Fsp3) is 0.0556. The van der Waals surface area contributed by atoms with Crippen molar-refractivity contribution in [1.82, 2.24) is 4.98 Å². The average molecular weight is 320 g/mol. The second-order valence-corrected chi connectivity index (χ2v) is 5.23. The molecule has 0 spiro atoms. The number of nitrogens with zero attached hydrogens (tertiary/aromatic N) is 1. The maximum Gasteiger partial charge on any atom is 0.255 e. The molecule has 4 N–H and O–H groups in total. The van der Waals surface area contributed by atoms with Gasteiger partial charge in [-0.1, -0.05) is 18.2 Å². The third-order valence-electron chi connectivity index (χ3n) is 3.62. The van der Waals surface area contributed by atoms with E-state index in [0.29, 0.717) is 22.7 Å². The van der Waals surface area contributed by atoms with Crippen molar-refractivity contribution >= 4 is 28.2 Å². The van der Waals surface area contributed by atoms with Crippen LogP contribution in [0.3, 0.4) is 0 Å². The summed E-state index contributed by atoms with van der Waals surface area (Å²) in [5.74, 6) is 0.283. The highest BCUT2D eigenvalue weighted by molar-refractivity contribution is 6.07. The monoisotopic (exact) mass is 320 g/mol. The summed E-state index contributed by atoms with van der Waals surface area (Å²) in [5.41, 5.74) is 7.28. The number of methoxy groups -OCH3 is 1. The van der Waals surface area contributed by atoms with Crippen LogP contribution in [0.25, 0.3) is 10.8 Å². The minimum absolute atomic E-state index is 0.0192. The molecular weight excluding hydrogens is 304 g/mol. The molecule has 6 heteroatoms. The summed E-state index contributed by atoms with van der Waals surface area (Å²) in [6, 6.07) is 14.2. The van der Waals surface area contributed by atoms with Gasteiger partial charge in [-0.15, -0.1) is 0 Å². The smallest absolute Gasteiger partial charge is 0.255 e. The minimum atomic E-state index is -0.223. The van der Waals surface area contributed by atoms with Crippen molar-refractivity contribution in [1.29, 1.82) is 5.41 Å². The molecule has 0 atom stereocenters. The molecule has 120 valence electrons. The number of amidine groups is 1. The number of ether oxygens (including phenoxy) is 1. The first-order valence-corrected chi connectivity index (χ1v) is 7.26. The van der Waals surface area contributed by atoms with E-state index in [4.69, 9.17) is 15.9 Å². The summed E-state index contributed by atoms with van der Waals surface area (Å²) >= 11 is 0. The number of anilines is 1. The number of nitrogen functional groups attached to an aromatic ring is 1. The molecular formula is C18H16N4O2. The SMILES string of the molecule is COc1ccc(NC(=O)c2ccc3cc(C(=N)N)ccc3c2)cn1. The van der Waals surface area contributed by atoms with Crippen LogP contribution in [0.2, 0.25) is 0 Å². The number of rotatable bonds is 4. The zero-order valence-electron chi connectivity index (χ0n) is 13.0. The van der Waals surface area contributed by atoms with Gasteiger partial charge in [0.2, 0.25) is 5.88 Å². The Balaban J connectivity index is 1.83.